The predicted octanol–water partition coefficient (Wildman–Crippen LogP) is 2.43. The van der Waals surface area contributed by atoms with Gasteiger partial charge in [0.1, 0.15) is 5.52 Å². The molecular weight excluding hydrogens is 290 g/mol. The average molecular weight is 305 g/mol. The fourth-order valence-corrected chi connectivity index (χ4v) is 2.72. The van der Waals surface area contributed by atoms with Crippen LogP contribution in [0.2, 0.25) is 0 Å². The molecule has 0 atom stereocenters. The average Bonchev–Trinajstić information content (AvgIpc) is 3.00. The van der Waals surface area contributed by atoms with Crippen LogP contribution in [0.25, 0.3) is 27.8 Å². The Morgan fingerprint density at radius 2 is 1.87 bits per heavy atom. The smallest absolute Gasteiger partial charge is 0.280 e. The topological polar surface area (TPSA) is 65.1 Å². The number of hydrogen-bond donors (Lipinski definition) is 0. The Morgan fingerprint density at radius 1 is 1.09 bits per heavy atom. The maximum atomic E-state index is 12.3. The molecule has 114 valence electrons. The van der Waals surface area contributed by atoms with Crippen molar-refractivity contribution in [2.24, 2.45) is 0 Å². The molecule has 6 nitrogen and oxygen atoms in total. The van der Waals surface area contributed by atoms with E-state index < -0.39 is 0 Å². The lowest BCUT2D eigenvalue weighted by molar-refractivity contribution is 0.729. The van der Waals surface area contributed by atoms with Gasteiger partial charge in [-0.25, -0.2) is 4.52 Å². The van der Waals surface area contributed by atoms with Crippen LogP contribution in [0.5, 0.6) is 0 Å². The third kappa shape index (κ3) is 2.03. The zero-order chi connectivity index (χ0) is 16.0. The second-order valence-electron chi connectivity index (χ2n) is 5.50. The molecule has 0 saturated carbocycles. The first kappa shape index (κ1) is 13.6. The first-order valence-corrected chi connectivity index (χ1v) is 7.49. The minimum absolute atomic E-state index is 0.146. The molecule has 0 radical (unpaired) electrons. The van der Waals surface area contributed by atoms with E-state index in [-0.39, 0.29) is 5.56 Å². The van der Waals surface area contributed by atoms with Gasteiger partial charge in [0.15, 0.2) is 11.2 Å². The molecule has 0 aliphatic heterocycles. The molecule has 4 rings (SSSR count). The van der Waals surface area contributed by atoms with E-state index in [1.165, 1.54) is 5.56 Å². The van der Waals surface area contributed by atoms with Crippen LogP contribution >= 0.6 is 0 Å². The van der Waals surface area contributed by atoms with Crippen molar-refractivity contribution >= 4 is 16.7 Å². The van der Waals surface area contributed by atoms with Crippen molar-refractivity contribution in [3.8, 4) is 11.1 Å². The molecule has 3 aromatic heterocycles. The monoisotopic (exact) mass is 305 g/mol. The van der Waals surface area contributed by atoms with Crippen LogP contribution in [0.3, 0.4) is 0 Å². The lowest BCUT2D eigenvalue weighted by atomic mass is 10.1. The Labute approximate surface area is 132 Å². The number of nitrogens with zero attached hydrogens (tertiary/aromatic N) is 5. The molecule has 0 aliphatic rings. The molecule has 0 aliphatic carbocycles. The molecule has 4 aromatic rings. The van der Waals surface area contributed by atoms with E-state index in [0.29, 0.717) is 23.2 Å². The van der Waals surface area contributed by atoms with Gasteiger partial charge in [-0.3, -0.25) is 4.79 Å². The molecule has 0 amide bonds. The van der Waals surface area contributed by atoms with Crippen LogP contribution in [0, 0.1) is 6.92 Å². The van der Waals surface area contributed by atoms with Crippen LogP contribution in [0.4, 0.5) is 0 Å². The molecule has 3 heterocycles. The number of rotatable bonds is 2. The van der Waals surface area contributed by atoms with E-state index in [4.69, 9.17) is 0 Å². The number of fused-ring (bicyclic) bond motifs is 3. The Bertz CT molecular complexity index is 1080. The summed E-state index contributed by atoms with van der Waals surface area (Å²) in [6, 6.07) is 10.0. The second-order valence-corrected chi connectivity index (χ2v) is 5.50. The number of hydrogen-bond acceptors (Lipinski definition) is 4. The first-order valence-electron chi connectivity index (χ1n) is 7.49. The van der Waals surface area contributed by atoms with Crippen LogP contribution in [-0.2, 0) is 6.54 Å². The minimum Gasteiger partial charge on any atom is -0.314 e. The lowest BCUT2D eigenvalue weighted by Gasteiger charge is -2.04. The van der Waals surface area contributed by atoms with E-state index in [1.54, 1.807) is 21.5 Å². The number of aryl methyl sites for hydroxylation is 2. The molecule has 0 N–H and O–H groups in total. The highest BCUT2D eigenvalue weighted by molar-refractivity contribution is 5.82. The number of benzene rings is 1. The zero-order valence-corrected chi connectivity index (χ0v) is 12.9. The Hall–Kier alpha value is -3.02. The van der Waals surface area contributed by atoms with Gasteiger partial charge >= 0.3 is 0 Å². The largest absolute Gasteiger partial charge is 0.314 e. The van der Waals surface area contributed by atoms with E-state index >= 15 is 0 Å². The van der Waals surface area contributed by atoms with Crippen molar-refractivity contribution in [2.45, 2.75) is 20.4 Å². The summed E-state index contributed by atoms with van der Waals surface area (Å²) in [5.41, 5.74) is 4.63. The van der Waals surface area contributed by atoms with E-state index in [2.05, 4.69) is 15.3 Å². The van der Waals surface area contributed by atoms with Crippen molar-refractivity contribution in [2.75, 3.05) is 0 Å². The fourth-order valence-electron chi connectivity index (χ4n) is 2.72. The maximum absolute atomic E-state index is 12.3. The summed E-state index contributed by atoms with van der Waals surface area (Å²) in [5.74, 6) is 0. The van der Waals surface area contributed by atoms with Gasteiger partial charge in [0, 0.05) is 18.3 Å². The van der Waals surface area contributed by atoms with E-state index in [9.17, 15) is 4.79 Å². The summed E-state index contributed by atoms with van der Waals surface area (Å²) in [6.07, 6.45) is 3.53. The van der Waals surface area contributed by atoms with Gasteiger partial charge in [-0.1, -0.05) is 29.8 Å². The summed E-state index contributed by atoms with van der Waals surface area (Å²) >= 11 is 0. The molecule has 0 spiro atoms. The molecule has 0 fully saturated rings. The van der Waals surface area contributed by atoms with Gasteiger partial charge in [0.25, 0.3) is 5.56 Å². The third-order valence-electron chi connectivity index (χ3n) is 4.04. The first-order chi connectivity index (χ1) is 11.2. The highest BCUT2D eigenvalue weighted by atomic mass is 16.1. The minimum atomic E-state index is -0.146. The van der Waals surface area contributed by atoms with Gasteiger partial charge in [-0.05, 0) is 25.5 Å². The van der Waals surface area contributed by atoms with E-state index in [0.717, 1.165) is 11.1 Å². The summed E-state index contributed by atoms with van der Waals surface area (Å²) in [7, 11) is 0. The third-order valence-corrected chi connectivity index (χ3v) is 4.04. The molecule has 0 unspecified atom stereocenters. The Kier molecular flexibility index (Phi) is 2.97. The van der Waals surface area contributed by atoms with Crippen LogP contribution in [-0.4, -0.2) is 24.4 Å². The molecule has 23 heavy (non-hydrogen) atoms. The Morgan fingerprint density at radius 3 is 2.61 bits per heavy atom. The van der Waals surface area contributed by atoms with Gasteiger partial charge in [-0.2, -0.15) is 5.10 Å². The quantitative estimate of drug-likeness (QED) is 0.570. The molecule has 6 heteroatoms. The zero-order valence-electron chi connectivity index (χ0n) is 12.9. The maximum Gasteiger partial charge on any atom is 0.280 e. The molecule has 0 saturated heterocycles. The van der Waals surface area contributed by atoms with Gasteiger partial charge < -0.3 is 4.57 Å². The summed E-state index contributed by atoms with van der Waals surface area (Å²) in [6.45, 7) is 4.57. The van der Waals surface area contributed by atoms with Crippen LogP contribution < -0.4 is 5.56 Å². The van der Waals surface area contributed by atoms with Crippen molar-refractivity contribution in [1.29, 1.82) is 0 Å². The van der Waals surface area contributed by atoms with Gasteiger partial charge in [-0.15, -0.1) is 10.2 Å². The normalized spacial score (nSPS) is 11.4. The van der Waals surface area contributed by atoms with Crippen molar-refractivity contribution in [1.82, 2.24) is 24.4 Å². The van der Waals surface area contributed by atoms with Crippen molar-refractivity contribution in [3.63, 3.8) is 0 Å². The highest BCUT2D eigenvalue weighted by Crippen LogP contribution is 2.24. The van der Waals surface area contributed by atoms with Crippen LogP contribution in [0.1, 0.15) is 12.5 Å². The standard InChI is InChI=1S/C17H15N5O/c1-3-21-9-8-14-15(17(21)23)19-20-16-13(10-18-22(14)16)12-6-4-11(2)5-7-12/h4-10H,3H2,1-2H3. The van der Waals surface area contributed by atoms with Crippen LogP contribution in [0.15, 0.2) is 47.5 Å². The fraction of sp³-hybridized carbons (Fsp3) is 0.176. The summed E-state index contributed by atoms with van der Waals surface area (Å²) in [4.78, 5) is 12.3. The van der Waals surface area contributed by atoms with Crippen molar-refractivity contribution < 1.29 is 0 Å². The van der Waals surface area contributed by atoms with Gasteiger partial charge in [0.2, 0.25) is 0 Å². The predicted molar refractivity (Wildman–Crippen MR) is 88.4 cm³/mol. The summed E-state index contributed by atoms with van der Waals surface area (Å²) < 4.78 is 3.28. The molecule has 0 bridgehead atoms. The molecular formula is C17H15N5O. The molecule has 1 aromatic carbocycles. The van der Waals surface area contributed by atoms with Gasteiger partial charge in [0.05, 0.1) is 6.20 Å². The summed E-state index contributed by atoms with van der Waals surface area (Å²) in [5, 5.41) is 12.8. The Balaban J connectivity index is 2.01. The second kappa shape index (κ2) is 5.01. The highest BCUT2D eigenvalue weighted by Gasteiger charge is 2.13. The SMILES string of the molecule is CCn1ccc2c(nnc3c(-c4ccc(C)cc4)cnn32)c1=O. The van der Waals surface area contributed by atoms with E-state index in [1.807, 2.05) is 44.2 Å². The lowest BCUT2D eigenvalue weighted by Crippen LogP contribution is -2.20. The number of aromatic nitrogens is 5. The number of pyridine rings is 1. The van der Waals surface area contributed by atoms with Crippen molar-refractivity contribution in [3.05, 3.63) is 58.6 Å².